The van der Waals surface area contributed by atoms with Gasteiger partial charge in [-0.2, -0.15) is 0 Å². The van der Waals surface area contributed by atoms with Gasteiger partial charge in [-0.05, 0) is 47.1 Å². The minimum atomic E-state index is -0.228. The molecule has 2 aromatic rings. The van der Waals surface area contributed by atoms with Crippen LogP contribution in [0.2, 0.25) is 5.02 Å². The summed E-state index contributed by atoms with van der Waals surface area (Å²) < 4.78 is 14.6. The van der Waals surface area contributed by atoms with Crippen LogP contribution in [-0.2, 0) is 6.42 Å². The fourth-order valence-electron chi connectivity index (χ4n) is 2.04. The number of halogens is 3. The van der Waals surface area contributed by atoms with E-state index in [1.165, 1.54) is 0 Å². The van der Waals surface area contributed by atoms with Crippen molar-refractivity contribution in [3.8, 4) is 0 Å². The van der Waals surface area contributed by atoms with E-state index < -0.39 is 0 Å². The first-order valence-corrected chi connectivity index (χ1v) is 7.15. The van der Waals surface area contributed by atoms with Crippen LogP contribution in [0.3, 0.4) is 0 Å². The third-order valence-corrected chi connectivity index (χ3v) is 4.07. The van der Waals surface area contributed by atoms with Crippen molar-refractivity contribution >= 4 is 27.5 Å². The maximum Gasteiger partial charge on any atom is 0.142 e. The highest BCUT2D eigenvalue weighted by Crippen LogP contribution is 2.27. The average molecular weight is 343 g/mol. The summed E-state index contributed by atoms with van der Waals surface area (Å²) >= 11 is 9.37. The number of hydrogen-bond donors (Lipinski definition) is 1. The van der Waals surface area contributed by atoms with Crippen LogP contribution in [0, 0.1) is 5.82 Å². The Balaban J connectivity index is 2.31. The summed E-state index contributed by atoms with van der Waals surface area (Å²) in [5.74, 6) is -0.228. The van der Waals surface area contributed by atoms with Crippen LogP contribution in [0.15, 0.2) is 46.9 Å². The monoisotopic (exact) mass is 341 g/mol. The van der Waals surface area contributed by atoms with Crippen molar-refractivity contribution in [2.45, 2.75) is 12.5 Å². The van der Waals surface area contributed by atoms with Gasteiger partial charge in [0.25, 0.3) is 0 Å². The molecule has 2 aromatic carbocycles. The quantitative estimate of drug-likeness (QED) is 0.846. The minimum Gasteiger partial charge on any atom is -0.313 e. The molecule has 0 saturated carbocycles. The highest BCUT2D eigenvalue weighted by molar-refractivity contribution is 9.10. The van der Waals surface area contributed by atoms with E-state index in [1.54, 1.807) is 12.1 Å². The van der Waals surface area contributed by atoms with E-state index in [0.29, 0.717) is 21.5 Å². The molecule has 0 heterocycles. The molecule has 0 aliphatic heterocycles. The summed E-state index contributed by atoms with van der Waals surface area (Å²) in [5.41, 5.74) is 1.64. The molecule has 0 aliphatic rings. The summed E-state index contributed by atoms with van der Waals surface area (Å²) in [6.45, 7) is 0. The van der Waals surface area contributed by atoms with Crippen molar-refractivity contribution in [2.75, 3.05) is 7.05 Å². The number of likely N-dealkylation sites (N-methyl/N-ethyl adjacent to an activating group) is 1. The van der Waals surface area contributed by atoms with E-state index in [9.17, 15) is 4.39 Å². The fourth-order valence-corrected chi connectivity index (χ4v) is 2.64. The van der Waals surface area contributed by atoms with Crippen molar-refractivity contribution in [3.63, 3.8) is 0 Å². The molecule has 0 aromatic heterocycles. The molecule has 4 heteroatoms. The predicted molar refractivity (Wildman–Crippen MR) is 81.1 cm³/mol. The van der Waals surface area contributed by atoms with Crippen LogP contribution >= 0.6 is 27.5 Å². The van der Waals surface area contributed by atoms with E-state index >= 15 is 0 Å². The van der Waals surface area contributed by atoms with Gasteiger partial charge in [-0.25, -0.2) is 4.39 Å². The average Bonchev–Trinajstić information content (AvgIpc) is 2.41. The standard InChI is InChI=1S/C15H14BrClFN/c1-19-14(9-10-5-2-3-8-13(10)17)11-6-4-7-12(16)15(11)18/h2-8,14,19H,9H2,1H3. The van der Waals surface area contributed by atoms with Gasteiger partial charge in [-0.1, -0.05) is 41.9 Å². The Morgan fingerprint density at radius 3 is 2.63 bits per heavy atom. The van der Waals surface area contributed by atoms with Gasteiger partial charge in [-0.15, -0.1) is 0 Å². The summed E-state index contributed by atoms with van der Waals surface area (Å²) in [7, 11) is 1.82. The molecule has 1 N–H and O–H groups in total. The zero-order chi connectivity index (χ0) is 13.8. The van der Waals surface area contributed by atoms with Gasteiger partial charge in [-0.3, -0.25) is 0 Å². The lowest BCUT2D eigenvalue weighted by Gasteiger charge is -2.18. The molecule has 19 heavy (non-hydrogen) atoms. The van der Waals surface area contributed by atoms with Crippen LogP contribution in [0.5, 0.6) is 0 Å². The van der Waals surface area contributed by atoms with Gasteiger partial charge in [0.1, 0.15) is 5.82 Å². The minimum absolute atomic E-state index is 0.114. The number of rotatable bonds is 4. The molecule has 100 valence electrons. The van der Waals surface area contributed by atoms with Crippen molar-refractivity contribution in [2.24, 2.45) is 0 Å². The third kappa shape index (κ3) is 3.35. The van der Waals surface area contributed by atoms with Crippen LogP contribution in [0.4, 0.5) is 4.39 Å². The first kappa shape index (κ1) is 14.5. The maximum absolute atomic E-state index is 14.1. The Hall–Kier alpha value is -0.900. The van der Waals surface area contributed by atoms with E-state index in [0.717, 1.165) is 5.56 Å². The molecular weight excluding hydrogens is 329 g/mol. The lowest BCUT2D eigenvalue weighted by atomic mass is 9.98. The number of benzene rings is 2. The van der Waals surface area contributed by atoms with E-state index in [2.05, 4.69) is 21.2 Å². The largest absolute Gasteiger partial charge is 0.313 e. The summed E-state index contributed by atoms with van der Waals surface area (Å²) in [6, 6.07) is 12.8. The maximum atomic E-state index is 14.1. The van der Waals surface area contributed by atoms with Crippen molar-refractivity contribution in [3.05, 3.63) is 68.9 Å². The molecule has 1 atom stereocenters. The Morgan fingerprint density at radius 1 is 1.21 bits per heavy atom. The SMILES string of the molecule is CNC(Cc1ccccc1Cl)c1cccc(Br)c1F. The molecule has 0 spiro atoms. The summed E-state index contributed by atoms with van der Waals surface area (Å²) in [4.78, 5) is 0. The molecule has 0 radical (unpaired) electrons. The van der Waals surface area contributed by atoms with E-state index in [-0.39, 0.29) is 11.9 Å². The first-order valence-electron chi connectivity index (χ1n) is 5.98. The fraction of sp³-hybridized carbons (Fsp3) is 0.200. The zero-order valence-electron chi connectivity index (χ0n) is 10.5. The van der Waals surface area contributed by atoms with Gasteiger partial charge in [0.2, 0.25) is 0 Å². The van der Waals surface area contributed by atoms with Crippen molar-refractivity contribution < 1.29 is 4.39 Å². The summed E-state index contributed by atoms with van der Waals surface area (Å²) in [5, 5.41) is 3.85. The van der Waals surface area contributed by atoms with Crippen molar-refractivity contribution in [1.82, 2.24) is 5.32 Å². The van der Waals surface area contributed by atoms with Gasteiger partial charge in [0, 0.05) is 16.6 Å². The normalized spacial score (nSPS) is 12.4. The highest BCUT2D eigenvalue weighted by Gasteiger charge is 2.17. The molecule has 0 saturated heterocycles. The molecule has 2 rings (SSSR count). The Bertz CT molecular complexity index is 574. The molecular formula is C15H14BrClFN. The smallest absolute Gasteiger partial charge is 0.142 e. The van der Waals surface area contributed by atoms with Crippen LogP contribution in [0.1, 0.15) is 17.2 Å². The van der Waals surface area contributed by atoms with Gasteiger partial charge in [0.05, 0.1) is 4.47 Å². The van der Waals surface area contributed by atoms with Gasteiger partial charge < -0.3 is 5.32 Å². The predicted octanol–water partition coefficient (Wildman–Crippen LogP) is 4.74. The second-order valence-electron chi connectivity index (χ2n) is 4.28. The third-order valence-electron chi connectivity index (χ3n) is 3.09. The van der Waals surface area contributed by atoms with E-state index in [4.69, 9.17) is 11.6 Å². The Morgan fingerprint density at radius 2 is 1.95 bits per heavy atom. The zero-order valence-corrected chi connectivity index (χ0v) is 12.8. The number of nitrogens with one attached hydrogen (secondary N) is 1. The highest BCUT2D eigenvalue weighted by atomic mass is 79.9. The second-order valence-corrected chi connectivity index (χ2v) is 5.54. The second kappa shape index (κ2) is 6.51. The van der Waals surface area contributed by atoms with E-state index in [1.807, 2.05) is 37.4 Å². The molecule has 1 unspecified atom stereocenters. The first-order chi connectivity index (χ1) is 9.13. The lowest BCUT2D eigenvalue weighted by molar-refractivity contribution is 0.531. The number of hydrogen-bond acceptors (Lipinski definition) is 1. The Labute approximate surface area is 125 Å². The molecule has 1 nitrogen and oxygen atoms in total. The summed E-state index contributed by atoms with van der Waals surface area (Å²) in [6.07, 6.45) is 0.642. The molecule has 0 aliphatic carbocycles. The van der Waals surface area contributed by atoms with Crippen LogP contribution in [-0.4, -0.2) is 7.05 Å². The van der Waals surface area contributed by atoms with Gasteiger partial charge >= 0.3 is 0 Å². The van der Waals surface area contributed by atoms with Gasteiger partial charge in [0.15, 0.2) is 0 Å². The topological polar surface area (TPSA) is 12.0 Å². The lowest BCUT2D eigenvalue weighted by Crippen LogP contribution is -2.20. The molecule has 0 amide bonds. The molecule has 0 fully saturated rings. The van der Waals surface area contributed by atoms with Crippen molar-refractivity contribution in [1.29, 1.82) is 0 Å². The van der Waals surface area contributed by atoms with Crippen LogP contribution in [0.25, 0.3) is 0 Å². The van der Waals surface area contributed by atoms with Crippen LogP contribution < -0.4 is 5.32 Å². The Kier molecular flexibility index (Phi) is 4.97. The molecule has 0 bridgehead atoms.